The summed E-state index contributed by atoms with van der Waals surface area (Å²) in [7, 11) is 2.09. The van der Waals surface area contributed by atoms with Crippen molar-refractivity contribution in [2.75, 3.05) is 26.7 Å². The maximum absolute atomic E-state index is 3.41. The highest BCUT2D eigenvalue weighted by Crippen LogP contribution is 2.20. The van der Waals surface area contributed by atoms with E-state index < -0.39 is 0 Å². The number of hydrogen-bond acceptors (Lipinski definition) is 2. The van der Waals surface area contributed by atoms with Crippen LogP contribution in [0.2, 0.25) is 0 Å². The summed E-state index contributed by atoms with van der Waals surface area (Å²) in [5, 5.41) is 3.41. The van der Waals surface area contributed by atoms with Crippen LogP contribution in [0.5, 0.6) is 0 Å². The summed E-state index contributed by atoms with van der Waals surface area (Å²) in [5.41, 5.74) is 0. The van der Waals surface area contributed by atoms with Crippen molar-refractivity contribution in [1.82, 2.24) is 10.2 Å². The zero-order valence-corrected chi connectivity index (χ0v) is 9.34. The predicted octanol–water partition coefficient (Wildman–Crippen LogP) is 1.72. The Morgan fingerprint density at radius 3 is 2.62 bits per heavy atom. The molecule has 0 radical (unpaired) electrons. The van der Waals surface area contributed by atoms with Crippen LogP contribution >= 0.6 is 0 Å². The number of hydrogen-bond donors (Lipinski definition) is 1. The van der Waals surface area contributed by atoms with E-state index in [1.54, 1.807) is 0 Å². The molecule has 1 heterocycles. The molecular weight excluding hydrogens is 160 g/mol. The van der Waals surface area contributed by atoms with E-state index in [-0.39, 0.29) is 0 Å². The van der Waals surface area contributed by atoms with Gasteiger partial charge in [-0.25, -0.2) is 0 Å². The summed E-state index contributed by atoms with van der Waals surface area (Å²) in [6.45, 7) is 8.33. The fourth-order valence-electron chi connectivity index (χ4n) is 2.39. The van der Waals surface area contributed by atoms with Crippen molar-refractivity contribution >= 4 is 0 Å². The van der Waals surface area contributed by atoms with Crippen molar-refractivity contribution in [2.24, 2.45) is 5.92 Å². The van der Waals surface area contributed by atoms with Gasteiger partial charge < -0.3 is 10.2 Å². The molecule has 1 aliphatic heterocycles. The first-order valence-corrected chi connectivity index (χ1v) is 5.69. The van der Waals surface area contributed by atoms with Crippen LogP contribution in [0, 0.1) is 5.92 Å². The zero-order valence-electron chi connectivity index (χ0n) is 9.34. The highest BCUT2D eigenvalue weighted by Gasteiger charge is 2.24. The molecule has 0 aliphatic carbocycles. The fourth-order valence-corrected chi connectivity index (χ4v) is 2.39. The quantitative estimate of drug-likeness (QED) is 0.715. The molecule has 2 heteroatoms. The molecule has 0 bridgehead atoms. The normalized spacial score (nSPS) is 30.7. The van der Waals surface area contributed by atoms with Crippen LogP contribution in [0.1, 0.15) is 33.1 Å². The Hall–Kier alpha value is -0.0800. The molecular formula is C11H24N2. The van der Waals surface area contributed by atoms with Crippen molar-refractivity contribution in [2.45, 2.75) is 39.2 Å². The molecule has 0 aromatic rings. The molecule has 1 fully saturated rings. The lowest BCUT2D eigenvalue weighted by Gasteiger charge is -2.37. The van der Waals surface area contributed by atoms with Crippen LogP contribution in [-0.2, 0) is 0 Å². The number of nitrogens with zero attached hydrogens (tertiary/aromatic N) is 1. The van der Waals surface area contributed by atoms with Crippen LogP contribution in [0.4, 0.5) is 0 Å². The minimum absolute atomic E-state index is 0.727. The summed E-state index contributed by atoms with van der Waals surface area (Å²) >= 11 is 0. The van der Waals surface area contributed by atoms with Crippen LogP contribution in [0.3, 0.4) is 0 Å². The molecule has 1 N–H and O–H groups in total. The molecule has 0 spiro atoms. The molecule has 1 saturated heterocycles. The summed E-state index contributed by atoms with van der Waals surface area (Å²) in [4.78, 5) is 2.57. The Morgan fingerprint density at radius 1 is 1.31 bits per heavy atom. The topological polar surface area (TPSA) is 15.3 Å². The van der Waals surface area contributed by atoms with Crippen molar-refractivity contribution < 1.29 is 0 Å². The molecule has 1 aliphatic rings. The maximum Gasteiger partial charge on any atom is 0.0195 e. The molecule has 13 heavy (non-hydrogen) atoms. The van der Waals surface area contributed by atoms with E-state index in [9.17, 15) is 0 Å². The second-order valence-electron chi connectivity index (χ2n) is 4.23. The van der Waals surface area contributed by atoms with Gasteiger partial charge in [-0.2, -0.15) is 0 Å². The maximum atomic E-state index is 3.41. The van der Waals surface area contributed by atoms with Gasteiger partial charge in [-0.1, -0.05) is 20.3 Å². The van der Waals surface area contributed by atoms with E-state index in [0.717, 1.165) is 12.0 Å². The molecule has 0 aromatic carbocycles. The average Bonchev–Trinajstić information content (AvgIpc) is 2.17. The molecule has 1 rings (SSSR count). The van der Waals surface area contributed by atoms with Gasteiger partial charge in [0.2, 0.25) is 0 Å². The first-order valence-electron chi connectivity index (χ1n) is 5.69. The monoisotopic (exact) mass is 184 g/mol. The Balaban J connectivity index is 2.39. The van der Waals surface area contributed by atoms with Crippen LogP contribution in [-0.4, -0.2) is 37.6 Å². The summed E-state index contributed by atoms with van der Waals surface area (Å²) in [6, 6.07) is 0.727. The van der Waals surface area contributed by atoms with Crippen molar-refractivity contribution in [3.63, 3.8) is 0 Å². The Kier molecular flexibility index (Phi) is 4.74. The van der Waals surface area contributed by atoms with Gasteiger partial charge in [-0.3, -0.25) is 0 Å². The van der Waals surface area contributed by atoms with Gasteiger partial charge in [0.15, 0.2) is 0 Å². The van der Waals surface area contributed by atoms with Gasteiger partial charge in [0, 0.05) is 19.1 Å². The van der Waals surface area contributed by atoms with Crippen molar-refractivity contribution in [3.05, 3.63) is 0 Å². The molecule has 0 aromatic heterocycles. The second kappa shape index (κ2) is 5.61. The lowest BCUT2D eigenvalue weighted by Crippen LogP contribution is -2.48. The third kappa shape index (κ3) is 3.28. The van der Waals surface area contributed by atoms with Crippen LogP contribution in [0.25, 0.3) is 0 Å². The largest absolute Gasteiger partial charge is 0.316 e. The van der Waals surface area contributed by atoms with Gasteiger partial charge in [-0.15, -0.1) is 0 Å². The van der Waals surface area contributed by atoms with E-state index in [4.69, 9.17) is 0 Å². The molecule has 0 amide bonds. The number of piperidine rings is 1. The van der Waals surface area contributed by atoms with E-state index in [1.807, 2.05) is 0 Å². The van der Waals surface area contributed by atoms with E-state index in [1.165, 1.54) is 38.9 Å². The summed E-state index contributed by atoms with van der Waals surface area (Å²) < 4.78 is 0. The lowest BCUT2D eigenvalue weighted by atomic mass is 9.91. The van der Waals surface area contributed by atoms with E-state index in [2.05, 4.69) is 31.1 Å². The van der Waals surface area contributed by atoms with Crippen molar-refractivity contribution in [3.8, 4) is 0 Å². The molecule has 78 valence electrons. The fraction of sp³-hybridized carbons (Fsp3) is 1.00. The van der Waals surface area contributed by atoms with Crippen LogP contribution < -0.4 is 5.32 Å². The van der Waals surface area contributed by atoms with Gasteiger partial charge in [0.25, 0.3) is 0 Å². The number of rotatable bonds is 4. The molecule has 0 saturated carbocycles. The summed E-state index contributed by atoms with van der Waals surface area (Å²) in [6.07, 6.45) is 4.11. The third-order valence-electron chi connectivity index (χ3n) is 3.17. The number of likely N-dealkylation sites (tertiary alicyclic amines) is 1. The Morgan fingerprint density at radius 2 is 2.08 bits per heavy atom. The van der Waals surface area contributed by atoms with Crippen molar-refractivity contribution in [1.29, 1.82) is 0 Å². The molecule has 2 atom stereocenters. The third-order valence-corrected chi connectivity index (χ3v) is 3.17. The highest BCUT2D eigenvalue weighted by atomic mass is 15.2. The minimum atomic E-state index is 0.727. The van der Waals surface area contributed by atoms with Gasteiger partial charge in [0.1, 0.15) is 0 Å². The first kappa shape index (κ1) is 11.0. The van der Waals surface area contributed by atoms with E-state index >= 15 is 0 Å². The number of likely N-dealkylation sites (N-methyl/N-ethyl adjacent to an activating group) is 2. The SMILES string of the molecule is CCCC1CC(NC)CN(CC)C1. The first-order chi connectivity index (χ1) is 6.30. The average molecular weight is 184 g/mol. The van der Waals surface area contributed by atoms with Gasteiger partial charge in [0.05, 0.1) is 0 Å². The van der Waals surface area contributed by atoms with Gasteiger partial charge in [-0.05, 0) is 32.4 Å². The highest BCUT2D eigenvalue weighted by molar-refractivity contribution is 4.81. The Bertz CT molecular complexity index is 124. The van der Waals surface area contributed by atoms with E-state index in [0.29, 0.717) is 0 Å². The Labute approximate surface area is 82.7 Å². The van der Waals surface area contributed by atoms with Gasteiger partial charge >= 0.3 is 0 Å². The lowest BCUT2D eigenvalue weighted by molar-refractivity contribution is 0.145. The minimum Gasteiger partial charge on any atom is -0.316 e. The summed E-state index contributed by atoms with van der Waals surface area (Å²) in [5.74, 6) is 0.927. The van der Waals surface area contributed by atoms with Crippen LogP contribution in [0.15, 0.2) is 0 Å². The standard InChI is InChI=1S/C11H24N2/c1-4-6-10-7-11(12-3)9-13(5-2)8-10/h10-12H,4-9H2,1-3H3. The molecule has 2 unspecified atom stereocenters. The predicted molar refractivity (Wildman–Crippen MR) is 58.0 cm³/mol. The second-order valence-corrected chi connectivity index (χ2v) is 4.23. The molecule has 2 nitrogen and oxygen atoms in total. The zero-order chi connectivity index (χ0) is 9.68. The smallest absolute Gasteiger partial charge is 0.0195 e. The number of nitrogens with one attached hydrogen (secondary N) is 1.